The summed E-state index contributed by atoms with van der Waals surface area (Å²) in [6, 6.07) is 0. The fourth-order valence-electron chi connectivity index (χ4n) is 1.91. The molecule has 0 heterocycles. The molecule has 1 aliphatic carbocycles. The Balaban J connectivity index is 2.21. The van der Waals surface area contributed by atoms with Gasteiger partial charge in [-0.15, -0.1) is 12.3 Å². The monoisotopic (exact) mass is 150 g/mol. The van der Waals surface area contributed by atoms with E-state index in [0.29, 0.717) is 0 Å². The highest BCUT2D eigenvalue weighted by Gasteiger charge is 2.09. The quantitative estimate of drug-likeness (QED) is 0.503. The van der Waals surface area contributed by atoms with Crippen LogP contribution in [0.2, 0.25) is 0 Å². The third-order valence-electron chi connectivity index (χ3n) is 2.63. The van der Waals surface area contributed by atoms with E-state index in [4.69, 9.17) is 6.42 Å². The van der Waals surface area contributed by atoms with E-state index in [9.17, 15) is 0 Å². The fraction of sp³-hybridized carbons (Fsp3) is 0.818. The van der Waals surface area contributed by atoms with Crippen LogP contribution in [0.25, 0.3) is 0 Å². The molecule has 0 atom stereocenters. The first kappa shape index (κ1) is 8.65. The first-order valence-corrected chi connectivity index (χ1v) is 4.87. The van der Waals surface area contributed by atoms with Gasteiger partial charge in [0.2, 0.25) is 0 Å². The summed E-state index contributed by atoms with van der Waals surface area (Å²) in [4.78, 5) is 0. The first-order valence-electron chi connectivity index (χ1n) is 4.87. The predicted octanol–water partition coefficient (Wildman–Crippen LogP) is 3.37. The molecule has 0 heteroatoms. The summed E-state index contributed by atoms with van der Waals surface area (Å²) < 4.78 is 0. The van der Waals surface area contributed by atoms with E-state index in [1.807, 2.05) is 0 Å². The molecule has 1 fully saturated rings. The highest BCUT2D eigenvalue weighted by atomic mass is 14.1. The maximum atomic E-state index is 5.30. The molecular formula is C11H18. The lowest BCUT2D eigenvalue weighted by Gasteiger charge is -2.16. The minimum Gasteiger partial charge on any atom is -0.120 e. The molecule has 1 rings (SSSR count). The Bertz CT molecular complexity index is 121. The number of rotatable bonds is 1. The lowest BCUT2D eigenvalue weighted by atomic mass is 9.89. The third kappa shape index (κ3) is 3.46. The maximum absolute atomic E-state index is 5.30. The van der Waals surface area contributed by atoms with Gasteiger partial charge in [-0.25, -0.2) is 0 Å². The van der Waals surface area contributed by atoms with E-state index < -0.39 is 0 Å². The largest absolute Gasteiger partial charge is 0.120 e. The van der Waals surface area contributed by atoms with Crippen LogP contribution < -0.4 is 0 Å². The van der Waals surface area contributed by atoms with Gasteiger partial charge in [-0.2, -0.15) is 0 Å². The Labute approximate surface area is 70.4 Å². The van der Waals surface area contributed by atoms with Gasteiger partial charge in [-0.1, -0.05) is 32.1 Å². The lowest BCUT2D eigenvalue weighted by Crippen LogP contribution is -2.02. The topological polar surface area (TPSA) is 0 Å². The molecule has 62 valence electrons. The van der Waals surface area contributed by atoms with Crippen LogP contribution in [-0.4, -0.2) is 0 Å². The molecule has 0 spiro atoms. The molecular weight excluding hydrogens is 132 g/mol. The zero-order valence-electron chi connectivity index (χ0n) is 7.31. The highest BCUT2D eigenvalue weighted by Crippen LogP contribution is 2.23. The third-order valence-corrected chi connectivity index (χ3v) is 2.63. The summed E-state index contributed by atoms with van der Waals surface area (Å²) in [6.07, 6.45) is 16.2. The van der Waals surface area contributed by atoms with Crippen LogP contribution in [-0.2, 0) is 0 Å². The van der Waals surface area contributed by atoms with Crippen LogP contribution in [0, 0.1) is 18.3 Å². The van der Waals surface area contributed by atoms with E-state index in [2.05, 4.69) is 5.92 Å². The summed E-state index contributed by atoms with van der Waals surface area (Å²) in [6.45, 7) is 0. The highest BCUT2D eigenvalue weighted by molar-refractivity contribution is 4.86. The van der Waals surface area contributed by atoms with Crippen LogP contribution in [0.15, 0.2) is 0 Å². The Kier molecular flexibility index (Phi) is 4.12. The van der Waals surface area contributed by atoms with E-state index in [-0.39, 0.29) is 0 Å². The maximum Gasteiger partial charge on any atom is 0.0114 e. The van der Waals surface area contributed by atoms with Gasteiger partial charge in [0.25, 0.3) is 0 Å². The van der Waals surface area contributed by atoms with Crippen LogP contribution >= 0.6 is 0 Å². The zero-order chi connectivity index (χ0) is 7.94. The smallest absolute Gasteiger partial charge is 0.0114 e. The summed E-state index contributed by atoms with van der Waals surface area (Å²) in [7, 11) is 0. The van der Waals surface area contributed by atoms with Crippen molar-refractivity contribution in [3.63, 3.8) is 0 Å². The Morgan fingerprint density at radius 1 is 1.00 bits per heavy atom. The minimum absolute atomic E-state index is 0.847. The van der Waals surface area contributed by atoms with Crippen LogP contribution in [0.4, 0.5) is 0 Å². The van der Waals surface area contributed by atoms with Crippen LogP contribution in [0.1, 0.15) is 51.4 Å². The van der Waals surface area contributed by atoms with Crippen molar-refractivity contribution >= 4 is 0 Å². The van der Waals surface area contributed by atoms with Crippen molar-refractivity contribution < 1.29 is 0 Å². The van der Waals surface area contributed by atoms with Gasteiger partial charge in [0, 0.05) is 6.42 Å². The Hall–Kier alpha value is -0.440. The molecule has 0 aliphatic heterocycles. The van der Waals surface area contributed by atoms with Crippen LogP contribution in [0.5, 0.6) is 0 Å². The van der Waals surface area contributed by atoms with E-state index in [1.54, 1.807) is 0 Å². The van der Waals surface area contributed by atoms with Crippen LogP contribution in [0.3, 0.4) is 0 Å². The molecule has 0 amide bonds. The van der Waals surface area contributed by atoms with Crippen molar-refractivity contribution in [3.05, 3.63) is 0 Å². The van der Waals surface area contributed by atoms with Gasteiger partial charge >= 0.3 is 0 Å². The van der Waals surface area contributed by atoms with E-state index in [0.717, 1.165) is 12.3 Å². The second-order valence-electron chi connectivity index (χ2n) is 3.62. The molecule has 0 saturated heterocycles. The van der Waals surface area contributed by atoms with Crippen molar-refractivity contribution in [2.45, 2.75) is 51.4 Å². The van der Waals surface area contributed by atoms with Gasteiger partial charge < -0.3 is 0 Å². The van der Waals surface area contributed by atoms with Gasteiger partial charge in [0.15, 0.2) is 0 Å². The van der Waals surface area contributed by atoms with Crippen molar-refractivity contribution in [1.82, 2.24) is 0 Å². The molecule has 0 unspecified atom stereocenters. The summed E-state index contributed by atoms with van der Waals surface area (Å²) in [5.74, 6) is 3.63. The molecule has 0 radical (unpaired) electrons. The summed E-state index contributed by atoms with van der Waals surface area (Å²) >= 11 is 0. The molecule has 11 heavy (non-hydrogen) atoms. The number of hydrogen-bond donors (Lipinski definition) is 0. The van der Waals surface area contributed by atoms with E-state index in [1.165, 1.54) is 44.9 Å². The normalized spacial score (nSPS) is 21.7. The van der Waals surface area contributed by atoms with Crippen molar-refractivity contribution in [2.75, 3.05) is 0 Å². The number of terminal acetylenes is 1. The Morgan fingerprint density at radius 3 is 2.09 bits per heavy atom. The van der Waals surface area contributed by atoms with Gasteiger partial charge in [-0.3, -0.25) is 0 Å². The Morgan fingerprint density at radius 2 is 1.55 bits per heavy atom. The van der Waals surface area contributed by atoms with Gasteiger partial charge in [0.05, 0.1) is 0 Å². The van der Waals surface area contributed by atoms with Crippen molar-refractivity contribution in [2.24, 2.45) is 5.92 Å². The predicted molar refractivity (Wildman–Crippen MR) is 49.3 cm³/mol. The van der Waals surface area contributed by atoms with Gasteiger partial charge in [-0.05, 0) is 18.8 Å². The summed E-state index contributed by atoms with van der Waals surface area (Å²) in [5, 5.41) is 0. The molecule has 1 aliphatic rings. The SMILES string of the molecule is C#CCC1CCCCCCC1. The second kappa shape index (κ2) is 5.24. The fourth-order valence-corrected chi connectivity index (χ4v) is 1.91. The lowest BCUT2D eigenvalue weighted by molar-refractivity contribution is 0.385. The average molecular weight is 150 g/mol. The molecule has 0 N–H and O–H groups in total. The molecule has 0 nitrogen and oxygen atoms in total. The average Bonchev–Trinajstić information content (AvgIpc) is 1.94. The van der Waals surface area contributed by atoms with Crippen molar-refractivity contribution in [1.29, 1.82) is 0 Å². The minimum atomic E-state index is 0.847. The second-order valence-corrected chi connectivity index (χ2v) is 3.62. The standard InChI is InChI=1S/C11H18/c1-2-8-11-9-6-4-3-5-7-10-11/h1,11H,3-10H2. The molecule has 1 saturated carbocycles. The van der Waals surface area contributed by atoms with E-state index >= 15 is 0 Å². The summed E-state index contributed by atoms with van der Waals surface area (Å²) in [5.41, 5.74) is 0. The molecule has 0 aromatic heterocycles. The zero-order valence-corrected chi connectivity index (χ0v) is 7.31. The number of hydrogen-bond acceptors (Lipinski definition) is 0. The first-order chi connectivity index (χ1) is 5.43. The molecule has 0 aromatic rings. The molecule has 0 bridgehead atoms. The van der Waals surface area contributed by atoms with Crippen molar-refractivity contribution in [3.8, 4) is 12.3 Å². The van der Waals surface area contributed by atoms with Gasteiger partial charge in [0.1, 0.15) is 0 Å². The molecule has 0 aromatic carbocycles.